The molecule has 2 aliphatic rings. The molecule has 17 nitrogen and oxygen atoms in total. The van der Waals surface area contributed by atoms with Crippen LogP contribution in [0.15, 0.2) is 30.3 Å². The molecule has 0 aliphatic carbocycles. The molecule has 1 aromatic rings. The molecule has 2 aliphatic heterocycles. The number of aliphatic carboxylic acids is 1. The Bertz CT molecular complexity index is 877. The van der Waals surface area contributed by atoms with Crippen molar-refractivity contribution < 1.29 is 69.8 Å². The maximum Gasteiger partial charge on any atom is 0.320 e. The fourth-order valence-corrected chi connectivity index (χ4v) is 3.59. The molecule has 0 radical (unpaired) electrons. The molecule has 2 amide bonds. The van der Waals surface area contributed by atoms with E-state index in [1.807, 2.05) is 30.3 Å². The molecule has 0 aromatic heterocycles. The summed E-state index contributed by atoms with van der Waals surface area (Å²) in [7, 11) is 0. The maximum atomic E-state index is 10.4. The van der Waals surface area contributed by atoms with Crippen LogP contribution < -0.4 is 17.2 Å². The van der Waals surface area contributed by atoms with Crippen LogP contribution in [0, 0.1) is 0 Å². The molecule has 17 heteroatoms. The number of carboxylic acid groups (broad SMARTS) is 1. The highest BCUT2D eigenvalue weighted by molar-refractivity contribution is 5.73. The van der Waals surface area contributed by atoms with Crippen molar-refractivity contribution in [2.45, 2.75) is 67.3 Å². The molecule has 0 saturated carbocycles. The fraction of sp³-hybridized carbons (Fsp3) is 0.636. The van der Waals surface area contributed by atoms with Crippen molar-refractivity contribution in [3.63, 3.8) is 0 Å². The second-order valence-electron chi connectivity index (χ2n) is 8.60. The Morgan fingerprint density at radius 3 is 1.87 bits per heavy atom. The van der Waals surface area contributed by atoms with E-state index in [4.69, 9.17) is 40.1 Å². The number of primary amides is 2. The first-order chi connectivity index (χ1) is 18.2. The summed E-state index contributed by atoms with van der Waals surface area (Å²) < 4.78 is 15.4. The summed E-state index contributed by atoms with van der Waals surface area (Å²) in [6.07, 6.45) is -12.3. The number of rotatable bonds is 8. The number of nitrogens with two attached hydrogens (primary N) is 3. The number of carbonyl (C=O) groups excluding carboxylic acids is 1. The van der Waals surface area contributed by atoms with Gasteiger partial charge in [-0.3, -0.25) is 4.79 Å². The lowest BCUT2D eigenvalue weighted by molar-refractivity contribution is -0.383. The summed E-state index contributed by atoms with van der Waals surface area (Å²) in [6, 6.07) is 7.71. The van der Waals surface area contributed by atoms with Crippen molar-refractivity contribution in [1.82, 2.24) is 0 Å². The first kappa shape index (κ1) is 34.5. The van der Waals surface area contributed by atoms with Crippen LogP contribution in [0.5, 0.6) is 0 Å². The Kier molecular flexibility index (Phi) is 14.1. The van der Waals surface area contributed by atoms with Crippen LogP contribution in [0.2, 0.25) is 0 Å². The van der Waals surface area contributed by atoms with Crippen LogP contribution in [0.25, 0.3) is 0 Å². The number of urea groups is 1. The Labute approximate surface area is 222 Å². The summed E-state index contributed by atoms with van der Waals surface area (Å²) >= 11 is 0. The third-order valence-electron chi connectivity index (χ3n) is 5.69. The normalized spacial score (nSPS) is 34.6. The Hall–Kier alpha value is -2.52. The number of amides is 2. The molecule has 3 rings (SSSR count). The molecular weight excluding hydrogens is 530 g/mol. The third kappa shape index (κ3) is 9.57. The van der Waals surface area contributed by atoms with E-state index in [0.717, 1.165) is 5.56 Å². The van der Waals surface area contributed by atoms with Gasteiger partial charge in [0.05, 0.1) is 13.2 Å². The molecule has 15 N–H and O–H groups in total. The first-order valence-corrected chi connectivity index (χ1v) is 11.6. The molecule has 2 fully saturated rings. The van der Waals surface area contributed by atoms with Gasteiger partial charge in [-0.25, -0.2) is 4.79 Å². The van der Waals surface area contributed by atoms with Gasteiger partial charge in [-0.15, -0.1) is 0 Å². The van der Waals surface area contributed by atoms with E-state index in [9.17, 15) is 35.4 Å². The molecule has 10 atom stereocenters. The van der Waals surface area contributed by atoms with E-state index in [-0.39, 0.29) is 0 Å². The van der Waals surface area contributed by atoms with E-state index >= 15 is 0 Å². The predicted molar refractivity (Wildman–Crippen MR) is 128 cm³/mol. The van der Waals surface area contributed by atoms with Gasteiger partial charge in [0.2, 0.25) is 5.79 Å². The summed E-state index contributed by atoms with van der Waals surface area (Å²) in [5.41, 5.74) is 14.8. The summed E-state index contributed by atoms with van der Waals surface area (Å²) in [4.78, 5) is 19.4. The number of hydrogen-bond donors (Lipinski definition) is 12. The van der Waals surface area contributed by atoms with E-state index in [1.165, 1.54) is 0 Å². The van der Waals surface area contributed by atoms with Crippen molar-refractivity contribution in [2.75, 3.05) is 19.8 Å². The number of aliphatic hydroxyl groups excluding tert-OH is 8. The van der Waals surface area contributed by atoms with E-state index in [2.05, 4.69) is 11.5 Å². The molecule has 39 heavy (non-hydrogen) atoms. The van der Waals surface area contributed by atoms with Crippen LogP contribution in [-0.2, 0) is 25.4 Å². The van der Waals surface area contributed by atoms with Crippen molar-refractivity contribution >= 4 is 12.0 Å². The number of aliphatic hydroxyl groups is 8. The Morgan fingerprint density at radius 1 is 0.897 bits per heavy atom. The van der Waals surface area contributed by atoms with E-state index in [1.54, 1.807) is 0 Å². The Morgan fingerprint density at radius 2 is 1.44 bits per heavy atom. The molecule has 1 unspecified atom stereocenters. The minimum atomic E-state index is -2.22. The predicted octanol–water partition coefficient (Wildman–Crippen LogP) is -5.73. The molecule has 224 valence electrons. The van der Waals surface area contributed by atoms with Gasteiger partial charge in [0.15, 0.2) is 6.29 Å². The first-order valence-electron chi connectivity index (χ1n) is 11.6. The summed E-state index contributed by atoms with van der Waals surface area (Å²) in [5, 5.41) is 85.2. The standard InChI is InChI=1S/C12H22O11.C9H11NO2.CH4N2O/c13-1-4-6(16)8(18)9(19)11(21-4)23-12(3-15)10(20)7(17)5(2-14)22-12;10-8(9(11)12)6-7-4-2-1-3-5-7;2-1(3)4/h4-11,13-20H,1-3H2;1-5,8H,6,10H2,(H,11,12);(H4,2,3,4)/t4-,5-,6-,7-,8+,9-,10+,11-,12+;;/m1../s1. The molecular formula is C22H37N3O14. The molecule has 2 heterocycles. The van der Waals surface area contributed by atoms with Gasteiger partial charge in [0, 0.05) is 0 Å². The lowest BCUT2D eigenvalue weighted by atomic mass is 9.99. The summed E-state index contributed by atoms with van der Waals surface area (Å²) in [5.74, 6) is -3.18. The van der Waals surface area contributed by atoms with Gasteiger partial charge in [-0.2, -0.15) is 0 Å². The van der Waals surface area contributed by atoms with Gasteiger partial charge < -0.3 is 77.4 Å². The molecule has 1 aromatic carbocycles. The van der Waals surface area contributed by atoms with Crippen molar-refractivity contribution in [3.05, 3.63) is 35.9 Å². The van der Waals surface area contributed by atoms with E-state index in [0.29, 0.717) is 6.42 Å². The van der Waals surface area contributed by atoms with Crippen molar-refractivity contribution in [2.24, 2.45) is 17.2 Å². The summed E-state index contributed by atoms with van der Waals surface area (Å²) in [6.45, 7) is -2.32. The van der Waals surface area contributed by atoms with Crippen LogP contribution in [-0.4, -0.2) is 139 Å². The number of hydrogen-bond acceptors (Lipinski definition) is 14. The van der Waals surface area contributed by atoms with E-state index < -0.39 is 92.7 Å². The number of carbonyl (C=O) groups is 2. The average Bonchev–Trinajstić information content (AvgIpc) is 3.14. The van der Waals surface area contributed by atoms with Crippen LogP contribution >= 0.6 is 0 Å². The zero-order chi connectivity index (χ0) is 29.9. The number of ether oxygens (including phenoxy) is 3. The molecule has 0 spiro atoms. The van der Waals surface area contributed by atoms with Gasteiger partial charge >= 0.3 is 12.0 Å². The zero-order valence-corrected chi connectivity index (χ0v) is 20.7. The van der Waals surface area contributed by atoms with Gasteiger partial charge in [-0.1, -0.05) is 30.3 Å². The Balaban J connectivity index is 0.000000396. The largest absolute Gasteiger partial charge is 0.480 e. The van der Waals surface area contributed by atoms with Crippen LogP contribution in [0.1, 0.15) is 5.56 Å². The number of benzene rings is 1. The average molecular weight is 568 g/mol. The quantitative estimate of drug-likeness (QED) is 0.139. The van der Waals surface area contributed by atoms with Gasteiger partial charge in [0.25, 0.3) is 0 Å². The van der Waals surface area contributed by atoms with Crippen LogP contribution in [0.4, 0.5) is 4.79 Å². The second-order valence-corrected chi connectivity index (χ2v) is 8.60. The zero-order valence-electron chi connectivity index (χ0n) is 20.7. The second kappa shape index (κ2) is 15.9. The van der Waals surface area contributed by atoms with Gasteiger partial charge in [0.1, 0.15) is 55.4 Å². The SMILES string of the molecule is NC(Cc1ccccc1)C(=O)O.NC(N)=O.OC[C@H]1O[C@@](CO)(O[C@H]2O[C@H](CO)[C@@H](O)[C@H](O)[C@H]2O)[C@@H](O)[C@@H]1O. The monoisotopic (exact) mass is 567 g/mol. The fourth-order valence-electron chi connectivity index (χ4n) is 3.59. The highest BCUT2D eigenvalue weighted by Gasteiger charge is 2.58. The maximum absolute atomic E-state index is 10.4. The minimum Gasteiger partial charge on any atom is -0.480 e. The highest BCUT2D eigenvalue weighted by Crippen LogP contribution is 2.35. The lowest BCUT2D eigenvalue weighted by Crippen LogP contribution is -2.62. The van der Waals surface area contributed by atoms with Crippen molar-refractivity contribution in [1.29, 1.82) is 0 Å². The van der Waals surface area contributed by atoms with Crippen molar-refractivity contribution in [3.8, 4) is 0 Å². The van der Waals surface area contributed by atoms with Gasteiger partial charge in [-0.05, 0) is 12.0 Å². The molecule has 0 bridgehead atoms. The highest BCUT2D eigenvalue weighted by atomic mass is 16.8. The molecule has 2 saturated heterocycles. The van der Waals surface area contributed by atoms with Crippen LogP contribution in [0.3, 0.4) is 0 Å². The minimum absolute atomic E-state index is 0.385. The number of carboxylic acids is 1. The topological polar surface area (TPSA) is 322 Å². The third-order valence-corrected chi connectivity index (χ3v) is 5.69. The lowest BCUT2D eigenvalue weighted by Gasteiger charge is -2.43. The smallest absolute Gasteiger partial charge is 0.320 e.